The number of hydrogen-bond acceptors (Lipinski definition) is 1. The third-order valence-corrected chi connectivity index (χ3v) is 1.73. The molecule has 0 aliphatic carbocycles. The van der Waals surface area contributed by atoms with E-state index in [1.54, 1.807) is 12.2 Å². The summed E-state index contributed by atoms with van der Waals surface area (Å²) in [6.07, 6.45) is 4.24. The van der Waals surface area contributed by atoms with Crippen LogP contribution in [0.3, 0.4) is 0 Å². The average Bonchev–Trinajstić information content (AvgIpc) is 2.15. The molecule has 0 heterocycles. The Labute approximate surface area is 87.1 Å². The third kappa shape index (κ3) is 3.92. The molecule has 0 aromatic heterocycles. The summed E-state index contributed by atoms with van der Waals surface area (Å²) in [6, 6.07) is 9.51. The normalized spacial score (nSPS) is 11.9. The smallest absolute Gasteiger partial charge is 0.329 e. The van der Waals surface area contributed by atoms with Gasteiger partial charge in [0.05, 0.1) is 0 Å². The van der Waals surface area contributed by atoms with E-state index in [-0.39, 0.29) is 5.03 Å². The van der Waals surface area contributed by atoms with Crippen LogP contribution in [0.15, 0.2) is 47.5 Å². The van der Waals surface area contributed by atoms with Crippen LogP contribution in [0, 0.1) is 0 Å². The van der Waals surface area contributed by atoms with E-state index in [0.29, 0.717) is 0 Å². The summed E-state index contributed by atoms with van der Waals surface area (Å²) in [4.78, 5) is 10.2. The van der Waals surface area contributed by atoms with Crippen LogP contribution in [0.1, 0.15) is 5.56 Å². The maximum Gasteiger partial charge on any atom is 0.329 e. The van der Waals surface area contributed by atoms with E-state index in [2.05, 4.69) is 0 Å². The number of halogens is 1. The van der Waals surface area contributed by atoms with Gasteiger partial charge in [0.25, 0.3) is 0 Å². The molecule has 0 aliphatic rings. The molecule has 1 rings (SSSR count). The largest absolute Gasteiger partial charge is 0.478 e. The third-order valence-electron chi connectivity index (χ3n) is 1.50. The van der Waals surface area contributed by atoms with E-state index in [9.17, 15) is 4.79 Å². The van der Waals surface area contributed by atoms with Crippen molar-refractivity contribution in [2.75, 3.05) is 0 Å². The van der Waals surface area contributed by atoms with Gasteiger partial charge >= 0.3 is 5.97 Å². The molecule has 0 saturated carbocycles. The first-order valence-corrected chi connectivity index (χ1v) is 4.39. The average molecular weight is 209 g/mol. The number of rotatable bonds is 3. The van der Waals surface area contributed by atoms with Gasteiger partial charge < -0.3 is 5.11 Å². The molecule has 0 aliphatic heterocycles. The van der Waals surface area contributed by atoms with Crippen LogP contribution in [-0.4, -0.2) is 11.1 Å². The maximum absolute atomic E-state index is 10.2. The highest BCUT2D eigenvalue weighted by Gasteiger charge is 1.91. The molecule has 3 heteroatoms. The Morgan fingerprint density at radius 3 is 2.50 bits per heavy atom. The zero-order valence-electron chi connectivity index (χ0n) is 7.35. The topological polar surface area (TPSA) is 37.3 Å². The van der Waals surface area contributed by atoms with Crippen molar-refractivity contribution >= 4 is 23.6 Å². The van der Waals surface area contributed by atoms with Crippen molar-refractivity contribution < 1.29 is 9.90 Å². The van der Waals surface area contributed by atoms with Crippen molar-refractivity contribution in [3.8, 4) is 0 Å². The van der Waals surface area contributed by atoms with Crippen LogP contribution in [0.4, 0.5) is 0 Å². The molecule has 0 spiro atoms. The minimum Gasteiger partial charge on any atom is -0.478 e. The van der Waals surface area contributed by atoms with E-state index >= 15 is 0 Å². The second-order valence-electron chi connectivity index (χ2n) is 2.61. The molecule has 1 aromatic carbocycles. The maximum atomic E-state index is 10.2. The fourth-order valence-electron chi connectivity index (χ4n) is 0.906. The van der Waals surface area contributed by atoms with Crippen LogP contribution in [-0.2, 0) is 4.79 Å². The molecular formula is C11H9ClO2. The lowest BCUT2D eigenvalue weighted by atomic mass is 10.2. The fourth-order valence-corrected chi connectivity index (χ4v) is 1.06. The molecule has 0 saturated heterocycles. The summed E-state index contributed by atoms with van der Waals surface area (Å²) in [6.45, 7) is 0. The summed E-state index contributed by atoms with van der Waals surface area (Å²) < 4.78 is 0. The summed E-state index contributed by atoms with van der Waals surface area (Å²) in [7, 11) is 0. The van der Waals surface area contributed by atoms with Crippen molar-refractivity contribution in [2.24, 2.45) is 0 Å². The second kappa shape index (κ2) is 5.25. The number of allylic oxidation sites excluding steroid dienone is 2. The van der Waals surface area contributed by atoms with Crippen molar-refractivity contribution in [2.45, 2.75) is 0 Å². The van der Waals surface area contributed by atoms with Crippen LogP contribution >= 0.6 is 11.6 Å². The summed E-state index contributed by atoms with van der Waals surface area (Å²) >= 11 is 5.62. The van der Waals surface area contributed by atoms with E-state index in [0.717, 1.165) is 11.6 Å². The number of aliphatic carboxylic acids is 1. The molecule has 2 nitrogen and oxygen atoms in total. The minimum atomic E-state index is -1.05. The first-order chi connectivity index (χ1) is 6.68. The lowest BCUT2D eigenvalue weighted by Gasteiger charge is -1.90. The Morgan fingerprint density at radius 2 is 1.93 bits per heavy atom. The molecule has 72 valence electrons. The van der Waals surface area contributed by atoms with Gasteiger partial charge in [-0.1, -0.05) is 48.0 Å². The summed E-state index contributed by atoms with van der Waals surface area (Å²) in [5.74, 6) is -1.05. The molecule has 0 amide bonds. The molecule has 0 atom stereocenters. The Hall–Kier alpha value is -1.54. The van der Waals surface area contributed by atoms with Crippen LogP contribution in [0.25, 0.3) is 6.08 Å². The molecule has 1 aromatic rings. The van der Waals surface area contributed by atoms with Gasteiger partial charge in [0.15, 0.2) is 0 Å². The molecule has 0 radical (unpaired) electrons. The van der Waals surface area contributed by atoms with Gasteiger partial charge in [0.1, 0.15) is 0 Å². The standard InChI is InChI=1S/C11H9ClO2/c12-10(8-11(13)14)7-6-9-4-2-1-3-5-9/h1-8H,(H,13,14). The van der Waals surface area contributed by atoms with Gasteiger partial charge in [-0.05, 0) is 11.6 Å². The number of carboxylic acids is 1. The molecular weight excluding hydrogens is 200 g/mol. The van der Waals surface area contributed by atoms with Gasteiger partial charge in [0, 0.05) is 11.1 Å². The number of carbonyl (C=O) groups is 1. The van der Waals surface area contributed by atoms with Gasteiger partial charge in [-0.2, -0.15) is 0 Å². The van der Waals surface area contributed by atoms with Crippen molar-refractivity contribution in [1.29, 1.82) is 0 Å². The molecule has 1 N–H and O–H groups in total. The number of hydrogen-bond donors (Lipinski definition) is 1. The monoisotopic (exact) mass is 208 g/mol. The van der Waals surface area contributed by atoms with Gasteiger partial charge in [-0.25, -0.2) is 4.79 Å². The Morgan fingerprint density at radius 1 is 1.29 bits per heavy atom. The Bertz CT molecular complexity index is 366. The van der Waals surface area contributed by atoms with Crippen LogP contribution < -0.4 is 0 Å². The highest BCUT2D eigenvalue weighted by Crippen LogP contribution is 2.07. The van der Waals surface area contributed by atoms with E-state index < -0.39 is 5.97 Å². The van der Waals surface area contributed by atoms with Crippen LogP contribution in [0.2, 0.25) is 0 Å². The van der Waals surface area contributed by atoms with Gasteiger partial charge in [-0.3, -0.25) is 0 Å². The molecule has 0 fully saturated rings. The minimum absolute atomic E-state index is 0.196. The van der Waals surface area contributed by atoms with E-state index in [1.165, 1.54) is 0 Å². The van der Waals surface area contributed by atoms with Gasteiger partial charge in [0.2, 0.25) is 0 Å². The fraction of sp³-hybridized carbons (Fsp3) is 0. The van der Waals surface area contributed by atoms with Crippen molar-refractivity contribution in [1.82, 2.24) is 0 Å². The zero-order chi connectivity index (χ0) is 10.4. The number of benzene rings is 1. The van der Waals surface area contributed by atoms with E-state index in [4.69, 9.17) is 16.7 Å². The highest BCUT2D eigenvalue weighted by atomic mass is 35.5. The molecule has 0 bridgehead atoms. The van der Waals surface area contributed by atoms with Crippen LogP contribution in [0.5, 0.6) is 0 Å². The lowest BCUT2D eigenvalue weighted by Crippen LogP contribution is -1.86. The Kier molecular flexibility index (Phi) is 3.95. The summed E-state index contributed by atoms with van der Waals surface area (Å²) in [5, 5.41) is 8.58. The lowest BCUT2D eigenvalue weighted by molar-refractivity contribution is -0.131. The predicted molar refractivity (Wildman–Crippen MR) is 57.0 cm³/mol. The predicted octanol–water partition coefficient (Wildman–Crippen LogP) is 2.91. The molecule has 0 unspecified atom stereocenters. The SMILES string of the molecule is O=C(O)C=C(Cl)C=Cc1ccccc1. The quantitative estimate of drug-likeness (QED) is 0.613. The first-order valence-electron chi connectivity index (χ1n) is 4.02. The summed E-state index contributed by atoms with van der Waals surface area (Å²) in [5.41, 5.74) is 0.976. The second-order valence-corrected chi connectivity index (χ2v) is 3.05. The van der Waals surface area contributed by atoms with Gasteiger partial charge in [-0.15, -0.1) is 0 Å². The number of carboxylic acid groups (broad SMARTS) is 1. The Balaban J connectivity index is 2.70. The molecule has 14 heavy (non-hydrogen) atoms. The first kappa shape index (κ1) is 10.5. The van der Waals surface area contributed by atoms with Crippen molar-refractivity contribution in [3.63, 3.8) is 0 Å². The van der Waals surface area contributed by atoms with E-state index in [1.807, 2.05) is 30.3 Å². The highest BCUT2D eigenvalue weighted by molar-refractivity contribution is 6.32. The van der Waals surface area contributed by atoms with Crippen molar-refractivity contribution in [3.05, 3.63) is 53.1 Å². The zero-order valence-corrected chi connectivity index (χ0v) is 8.11.